The average Bonchev–Trinajstić information content (AvgIpc) is 2.64. The van der Waals surface area contributed by atoms with Gasteiger partial charge in [0.2, 0.25) is 5.91 Å². The van der Waals surface area contributed by atoms with E-state index in [1.165, 1.54) is 24.3 Å². The lowest BCUT2D eigenvalue weighted by atomic mass is 10.1. The molecule has 0 heterocycles. The monoisotopic (exact) mass is 422 g/mol. The number of guanidine groups is 1. The quantitative estimate of drug-likeness (QED) is 0.440. The second-order valence-corrected chi connectivity index (χ2v) is 7.09. The first-order valence-electron chi connectivity index (χ1n) is 9.38. The van der Waals surface area contributed by atoms with E-state index >= 15 is 0 Å². The van der Waals surface area contributed by atoms with Gasteiger partial charge in [0.15, 0.2) is 5.96 Å². The third kappa shape index (κ3) is 8.85. The largest absolute Gasteiger partial charge is 0.573 e. The number of ether oxygens (including phenoxy) is 1. The fourth-order valence-corrected chi connectivity index (χ4v) is 2.56. The first kappa shape index (κ1) is 23.1. The Labute approximate surface area is 173 Å². The summed E-state index contributed by atoms with van der Waals surface area (Å²) >= 11 is 0. The van der Waals surface area contributed by atoms with Crippen molar-refractivity contribution in [3.05, 3.63) is 59.7 Å². The maximum absolute atomic E-state index is 12.2. The molecule has 0 bridgehead atoms. The van der Waals surface area contributed by atoms with Gasteiger partial charge in [-0.2, -0.15) is 0 Å². The van der Waals surface area contributed by atoms with Crippen LogP contribution in [0.3, 0.4) is 0 Å². The van der Waals surface area contributed by atoms with E-state index in [-0.39, 0.29) is 23.5 Å². The third-order valence-corrected chi connectivity index (χ3v) is 3.87. The highest BCUT2D eigenvalue weighted by atomic mass is 19.4. The van der Waals surface area contributed by atoms with Crippen molar-refractivity contribution in [2.24, 2.45) is 16.6 Å². The highest BCUT2D eigenvalue weighted by Crippen LogP contribution is 2.22. The van der Waals surface area contributed by atoms with Crippen LogP contribution in [0.1, 0.15) is 31.4 Å². The highest BCUT2D eigenvalue weighted by molar-refractivity contribution is 5.90. The predicted octanol–water partition coefficient (Wildman–Crippen LogP) is 4.17. The van der Waals surface area contributed by atoms with Gasteiger partial charge < -0.3 is 21.1 Å². The summed E-state index contributed by atoms with van der Waals surface area (Å²) in [7, 11) is 0. The third-order valence-electron chi connectivity index (χ3n) is 3.87. The van der Waals surface area contributed by atoms with E-state index in [4.69, 9.17) is 5.73 Å². The summed E-state index contributed by atoms with van der Waals surface area (Å²) in [6.07, 6.45) is -4.27. The van der Waals surface area contributed by atoms with Crippen molar-refractivity contribution >= 4 is 17.6 Å². The van der Waals surface area contributed by atoms with Crippen molar-refractivity contribution in [2.45, 2.75) is 39.7 Å². The Morgan fingerprint density at radius 3 is 2.47 bits per heavy atom. The zero-order valence-corrected chi connectivity index (χ0v) is 16.8. The number of hydrogen-bond acceptors (Lipinski definition) is 3. The van der Waals surface area contributed by atoms with E-state index in [0.29, 0.717) is 25.2 Å². The molecule has 162 valence electrons. The molecular weight excluding hydrogens is 397 g/mol. The summed E-state index contributed by atoms with van der Waals surface area (Å²) in [5, 5.41) is 5.75. The molecule has 0 aliphatic heterocycles. The van der Waals surface area contributed by atoms with Crippen molar-refractivity contribution in [3.63, 3.8) is 0 Å². The van der Waals surface area contributed by atoms with E-state index in [2.05, 4.69) is 20.4 Å². The lowest BCUT2D eigenvalue weighted by Gasteiger charge is -2.10. The lowest BCUT2D eigenvalue weighted by Crippen LogP contribution is -2.31. The molecule has 1 amide bonds. The van der Waals surface area contributed by atoms with Gasteiger partial charge in [0.25, 0.3) is 0 Å². The Morgan fingerprint density at radius 2 is 1.83 bits per heavy atom. The maximum Gasteiger partial charge on any atom is 0.573 e. The number of benzene rings is 2. The van der Waals surface area contributed by atoms with Crippen LogP contribution in [0.25, 0.3) is 0 Å². The van der Waals surface area contributed by atoms with Gasteiger partial charge in [-0.25, -0.2) is 4.99 Å². The predicted molar refractivity (Wildman–Crippen MR) is 110 cm³/mol. The summed E-state index contributed by atoms with van der Waals surface area (Å²) in [6, 6.07) is 12.8. The van der Waals surface area contributed by atoms with E-state index in [1.54, 1.807) is 6.07 Å². The van der Waals surface area contributed by atoms with Crippen LogP contribution in [-0.2, 0) is 17.9 Å². The van der Waals surface area contributed by atoms with Crippen molar-refractivity contribution in [1.29, 1.82) is 0 Å². The van der Waals surface area contributed by atoms with Crippen LogP contribution in [-0.4, -0.2) is 18.2 Å². The van der Waals surface area contributed by atoms with Crippen LogP contribution >= 0.6 is 0 Å². The minimum atomic E-state index is -4.72. The maximum atomic E-state index is 12.2. The van der Waals surface area contributed by atoms with Crippen LogP contribution in [0.4, 0.5) is 18.9 Å². The molecule has 0 aromatic heterocycles. The second kappa shape index (κ2) is 10.5. The molecule has 0 radical (unpaired) electrons. The topological polar surface area (TPSA) is 88.7 Å². The molecular formula is C21H25F3N4O2. The fraction of sp³-hybridized carbons (Fsp3) is 0.333. The average molecular weight is 422 g/mol. The second-order valence-electron chi connectivity index (χ2n) is 7.09. The molecule has 0 aliphatic rings. The minimum absolute atomic E-state index is 0.0431. The van der Waals surface area contributed by atoms with Gasteiger partial charge >= 0.3 is 6.36 Å². The molecule has 0 saturated heterocycles. The van der Waals surface area contributed by atoms with E-state index in [1.807, 2.05) is 32.0 Å². The number of rotatable bonds is 8. The molecule has 0 unspecified atom stereocenters. The van der Waals surface area contributed by atoms with Crippen LogP contribution in [0.15, 0.2) is 53.5 Å². The SMILES string of the molecule is CC(C)CC(=O)Nc1cccc(CN=C(N)NCc2ccc(OC(F)(F)F)cc2)c1. The minimum Gasteiger partial charge on any atom is -0.406 e. The number of halogens is 3. The number of alkyl halides is 3. The molecule has 2 aromatic rings. The van der Waals surface area contributed by atoms with Crippen LogP contribution in [0, 0.1) is 5.92 Å². The molecule has 6 nitrogen and oxygen atoms in total. The number of hydrogen-bond donors (Lipinski definition) is 3. The van der Waals surface area contributed by atoms with Gasteiger partial charge in [0, 0.05) is 18.7 Å². The molecule has 0 atom stereocenters. The van der Waals surface area contributed by atoms with Gasteiger partial charge in [-0.1, -0.05) is 38.1 Å². The smallest absolute Gasteiger partial charge is 0.406 e. The first-order valence-corrected chi connectivity index (χ1v) is 9.38. The van der Waals surface area contributed by atoms with Crippen molar-refractivity contribution < 1.29 is 22.7 Å². The summed E-state index contributed by atoms with van der Waals surface area (Å²) in [5.74, 6) is 0.142. The lowest BCUT2D eigenvalue weighted by molar-refractivity contribution is -0.274. The molecule has 0 saturated carbocycles. The fourth-order valence-electron chi connectivity index (χ4n) is 2.56. The van der Waals surface area contributed by atoms with Gasteiger partial charge in [-0.05, 0) is 41.3 Å². The standard InChI is InChI=1S/C21H25F3N4O2/c1-14(2)10-19(29)28-17-5-3-4-16(11-17)13-27-20(25)26-12-15-6-8-18(9-7-15)30-21(22,23)24/h3-9,11,14H,10,12-13H2,1-2H3,(H,28,29)(H3,25,26,27). The Morgan fingerprint density at radius 1 is 1.13 bits per heavy atom. The Bertz CT molecular complexity index is 865. The van der Waals surface area contributed by atoms with Gasteiger partial charge in [0.1, 0.15) is 5.75 Å². The molecule has 0 aliphatic carbocycles. The van der Waals surface area contributed by atoms with E-state index in [0.717, 1.165) is 11.1 Å². The number of carbonyl (C=O) groups is 1. The van der Waals surface area contributed by atoms with Crippen LogP contribution < -0.4 is 21.1 Å². The van der Waals surface area contributed by atoms with Gasteiger partial charge in [-0.3, -0.25) is 4.79 Å². The van der Waals surface area contributed by atoms with Crippen molar-refractivity contribution in [1.82, 2.24) is 5.32 Å². The number of aliphatic imine (C=N–C) groups is 1. The van der Waals surface area contributed by atoms with Gasteiger partial charge in [-0.15, -0.1) is 13.2 Å². The Kier molecular flexibility index (Phi) is 8.08. The summed E-state index contributed by atoms with van der Waals surface area (Å²) in [4.78, 5) is 16.1. The normalized spacial score (nSPS) is 12.0. The Hall–Kier alpha value is -3.23. The molecule has 9 heteroatoms. The zero-order chi connectivity index (χ0) is 22.1. The first-order chi connectivity index (χ1) is 14.1. The number of anilines is 1. The zero-order valence-electron chi connectivity index (χ0n) is 16.8. The number of nitrogens with zero attached hydrogens (tertiary/aromatic N) is 1. The molecule has 0 spiro atoms. The van der Waals surface area contributed by atoms with Crippen LogP contribution in [0.2, 0.25) is 0 Å². The van der Waals surface area contributed by atoms with E-state index < -0.39 is 6.36 Å². The van der Waals surface area contributed by atoms with Crippen LogP contribution in [0.5, 0.6) is 5.75 Å². The molecule has 30 heavy (non-hydrogen) atoms. The number of amides is 1. The van der Waals surface area contributed by atoms with E-state index in [9.17, 15) is 18.0 Å². The van der Waals surface area contributed by atoms with Crippen molar-refractivity contribution in [3.8, 4) is 5.75 Å². The summed E-state index contributed by atoms with van der Waals surface area (Å²) in [6.45, 7) is 4.56. The number of nitrogens with two attached hydrogens (primary N) is 1. The molecule has 0 fully saturated rings. The number of carbonyl (C=O) groups excluding carboxylic acids is 1. The molecule has 4 N–H and O–H groups in total. The summed E-state index contributed by atoms with van der Waals surface area (Å²) < 4.78 is 40.3. The Balaban J connectivity index is 1.85. The van der Waals surface area contributed by atoms with Gasteiger partial charge in [0.05, 0.1) is 6.54 Å². The number of nitrogens with one attached hydrogen (secondary N) is 2. The summed E-state index contributed by atoms with van der Waals surface area (Å²) in [5.41, 5.74) is 8.14. The molecule has 2 rings (SSSR count). The molecule has 2 aromatic carbocycles. The van der Waals surface area contributed by atoms with Crippen molar-refractivity contribution in [2.75, 3.05) is 5.32 Å². The highest BCUT2D eigenvalue weighted by Gasteiger charge is 2.30.